The summed E-state index contributed by atoms with van der Waals surface area (Å²) in [4.78, 5) is 46.7. The molecule has 0 fully saturated rings. The molecule has 0 aromatic heterocycles. The lowest BCUT2D eigenvalue weighted by Gasteiger charge is -2.26. The molecule has 0 unspecified atom stereocenters. The number of nitro groups is 1. The number of hydrogen-bond donors (Lipinski definition) is 3. The third-order valence-corrected chi connectivity index (χ3v) is 4.23. The van der Waals surface area contributed by atoms with Crippen LogP contribution in [0.15, 0.2) is 24.3 Å². The average Bonchev–Trinajstić information content (AvgIpc) is 2.63. The first-order chi connectivity index (χ1) is 13.6. The molecule has 1 aromatic rings. The van der Waals surface area contributed by atoms with Gasteiger partial charge in [0.15, 0.2) is 0 Å². The first-order valence-corrected chi connectivity index (χ1v) is 9.24. The van der Waals surface area contributed by atoms with Crippen molar-refractivity contribution >= 4 is 23.5 Å². The van der Waals surface area contributed by atoms with E-state index in [2.05, 4.69) is 5.32 Å². The summed E-state index contributed by atoms with van der Waals surface area (Å²) in [6.45, 7) is 5.38. The van der Waals surface area contributed by atoms with Gasteiger partial charge in [-0.25, -0.2) is 0 Å². The van der Waals surface area contributed by atoms with E-state index in [1.807, 2.05) is 13.8 Å². The third-order valence-electron chi connectivity index (χ3n) is 4.23. The van der Waals surface area contributed by atoms with Crippen LogP contribution in [0, 0.1) is 16.0 Å². The number of nitrogens with one attached hydrogen (secondary N) is 1. The molecule has 10 heteroatoms. The van der Waals surface area contributed by atoms with Gasteiger partial charge >= 0.3 is 5.97 Å². The molecule has 2 amide bonds. The van der Waals surface area contributed by atoms with E-state index >= 15 is 0 Å². The molecule has 4 N–H and O–H groups in total. The minimum Gasteiger partial charge on any atom is -0.466 e. The Morgan fingerprint density at radius 1 is 1.24 bits per heavy atom. The number of benzene rings is 1. The topological polar surface area (TPSA) is 162 Å². The molecule has 0 aliphatic heterocycles. The summed E-state index contributed by atoms with van der Waals surface area (Å²) in [5.41, 5.74) is 5.67. The van der Waals surface area contributed by atoms with Crippen molar-refractivity contribution < 1.29 is 29.2 Å². The highest BCUT2D eigenvalue weighted by atomic mass is 16.6. The smallest absolute Gasteiger partial charge is 0.306 e. The molecule has 0 saturated carbocycles. The van der Waals surface area contributed by atoms with Crippen LogP contribution in [-0.4, -0.2) is 46.6 Å². The number of carbonyl (C=O) groups is 3. The maximum absolute atomic E-state index is 12.3. The fourth-order valence-electron chi connectivity index (χ4n) is 2.84. The minimum atomic E-state index is -1.35. The van der Waals surface area contributed by atoms with Crippen LogP contribution in [0.1, 0.15) is 45.1 Å². The summed E-state index contributed by atoms with van der Waals surface area (Å²) < 4.78 is 4.93. The van der Waals surface area contributed by atoms with Crippen LogP contribution in [0.5, 0.6) is 0 Å². The lowest BCUT2D eigenvalue weighted by Crippen LogP contribution is -2.51. The Morgan fingerprint density at radius 2 is 1.83 bits per heavy atom. The molecule has 0 aliphatic carbocycles. The van der Waals surface area contributed by atoms with Crippen LogP contribution in [0.25, 0.3) is 0 Å². The fraction of sp³-hybridized carbons (Fsp3) is 0.526. The van der Waals surface area contributed by atoms with E-state index in [-0.39, 0.29) is 31.1 Å². The lowest BCUT2D eigenvalue weighted by molar-refractivity contribution is -0.384. The molecule has 0 radical (unpaired) electrons. The van der Waals surface area contributed by atoms with Crippen molar-refractivity contribution in [3.63, 3.8) is 0 Å². The van der Waals surface area contributed by atoms with Crippen LogP contribution in [0.3, 0.4) is 0 Å². The number of non-ortho nitro benzene ring substituents is 1. The van der Waals surface area contributed by atoms with Gasteiger partial charge in [0.05, 0.1) is 18.0 Å². The van der Waals surface area contributed by atoms with Crippen molar-refractivity contribution in [2.75, 3.05) is 6.61 Å². The number of nitro benzene ring substituents is 1. The van der Waals surface area contributed by atoms with Gasteiger partial charge in [0.1, 0.15) is 12.1 Å². The van der Waals surface area contributed by atoms with E-state index in [1.165, 1.54) is 24.3 Å². The number of rotatable bonds is 11. The standard InChI is InChI=1S/C19H27N3O7/c1-4-29-16(24)10-14(12-5-7-13(8-6-12)22(27)28)17(18(20)25)21-19(26)15(23)9-11(2)3/h5-8,11,14-15,17,23H,4,9-10H2,1-3H3,(H2,20,25)(H,21,26)/t14-,15-,17+/m0/s1. The minimum absolute atomic E-state index is 0.0350. The Morgan fingerprint density at radius 3 is 2.28 bits per heavy atom. The number of esters is 1. The van der Waals surface area contributed by atoms with Gasteiger partial charge in [0.25, 0.3) is 5.69 Å². The zero-order chi connectivity index (χ0) is 22.1. The van der Waals surface area contributed by atoms with Crippen LogP contribution < -0.4 is 11.1 Å². The molecule has 0 heterocycles. The maximum atomic E-state index is 12.3. The third kappa shape index (κ3) is 7.49. The first kappa shape index (κ1) is 24.0. The van der Waals surface area contributed by atoms with Crippen molar-refractivity contribution in [2.45, 2.75) is 51.7 Å². The Hall–Kier alpha value is -3.01. The second kappa shape index (κ2) is 11.1. The molecule has 160 valence electrons. The van der Waals surface area contributed by atoms with Gasteiger partial charge in [-0.2, -0.15) is 0 Å². The number of nitrogens with zero attached hydrogens (tertiary/aromatic N) is 1. The SMILES string of the molecule is CCOC(=O)C[C@@H](c1ccc([N+](=O)[O-])cc1)[C@@H](NC(=O)[C@@H](O)CC(C)C)C(N)=O. The van der Waals surface area contributed by atoms with E-state index in [1.54, 1.807) is 6.92 Å². The molecule has 10 nitrogen and oxygen atoms in total. The number of aliphatic hydroxyl groups is 1. The summed E-state index contributed by atoms with van der Waals surface area (Å²) in [6.07, 6.45) is -1.46. The van der Waals surface area contributed by atoms with Gasteiger partial charge in [-0.15, -0.1) is 0 Å². The molecule has 29 heavy (non-hydrogen) atoms. The van der Waals surface area contributed by atoms with E-state index in [0.717, 1.165) is 0 Å². The van der Waals surface area contributed by atoms with Gasteiger partial charge in [-0.1, -0.05) is 26.0 Å². The molecule has 1 rings (SSSR count). The Kier molecular flexibility index (Phi) is 9.20. The van der Waals surface area contributed by atoms with E-state index in [4.69, 9.17) is 10.5 Å². The largest absolute Gasteiger partial charge is 0.466 e. The number of nitrogens with two attached hydrogens (primary N) is 1. The number of carbonyl (C=O) groups excluding carboxylic acids is 3. The van der Waals surface area contributed by atoms with Crippen molar-refractivity contribution in [1.82, 2.24) is 5.32 Å². The Balaban J connectivity index is 3.20. The van der Waals surface area contributed by atoms with Crippen molar-refractivity contribution in [2.24, 2.45) is 11.7 Å². The van der Waals surface area contributed by atoms with Crippen molar-refractivity contribution in [3.8, 4) is 0 Å². The van der Waals surface area contributed by atoms with Crippen LogP contribution in [0.2, 0.25) is 0 Å². The van der Waals surface area contributed by atoms with Crippen LogP contribution in [0.4, 0.5) is 5.69 Å². The van der Waals surface area contributed by atoms with Crippen LogP contribution in [-0.2, 0) is 19.1 Å². The highest BCUT2D eigenvalue weighted by Gasteiger charge is 2.33. The zero-order valence-corrected chi connectivity index (χ0v) is 16.7. The Bertz CT molecular complexity index is 734. The van der Waals surface area contributed by atoms with E-state index in [0.29, 0.717) is 5.56 Å². The summed E-state index contributed by atoms with van der Waals surface area (Å²) in [6, 6.07) is 3.89. The zero-order valence-electron chi connectivity index (χ0n) is 16.7. The van der Waals surface area contributed by atoms with Crippen LogP contribution >= 0.6 is 0 Å². The predicted molar refractivity (Wildman–Crippen MR) is 104 cm³/mol. The Labute approximate surface area is 168 Å². The van der Waals surface area contributed by atoms with Gasteiger partial charge < -0.3 is 20.9 Å². The predicted octanol–water partition coefficient (Wildman–Crippen LogP) is 1.01. The van der Waals surface area contributed by atoms with E-state index in [9.17, 15) is 29.6 Å². The molecule has 0 bridgehead atoms. The monoisotopic (exact) mass is 409 g/mol. The highest BCUT2D eigenvalue weighted by Crippen LogP contribution is 2.27. The quantitative estimate of drug-likeness (QED) is 0.279. The molecule has 0 saturated heterocycles. The molecular weight excluding hydrogens is 382 g/mol. The number of aliphatic hydroxyl groups excluding tert-OH is 1. The van der Waals surface area contributed by atoms with E-state index < -0.39 is 40.8 Å². The fourth-order valence-corrected chi connectivity index (χ4v) is 2.84. The van der Waals surface area contributed by atoms with Gasteiger partial charge in [-0.3, -0.25) is 24.5 Å². The molecular formula is C19H27N3O7. The molecule has 0 aliphatic rings. The number of hydrogen-bond acceptors (Lipinski definition) is 7. The number of amides is 2. The number of primary amides is 1. The maximum Gasteiger partial charge on any atom is 0.306 e. The number of ether oxygens (including phenoxy) is 1. The summed E-state index contributed by atoms with van der Waals surface area (Å²) in [7, 11) is 0. The lowest BCUT2D eigenvalue weighted by atomic mass is 9.87. The summed E-state index contributed by atoms with van der Waals surface area (Å²) >= 11 is 0. The molecule has 0 spiro atoms. The second-order valence-corrected chi connectivity index (χ2v) is 7.00. The highest BCUT2D eigenvalue weighted by molar-refractivity contribution is 5.89. The van der Waals surface area contributed by atoms with Crippen molar-refractivity contribution in [3.05, 3.63) is 39.9 Å². The summed E-state index contributed by atoms with van der Waals surface area (Å²) in [5, 5.41) is 23.3. The molecule has 1 aromatic carbocycles. The first-order valence-electron chi connectivity index (χ1n) is 9.24. The normalized spacial score (nSPS) is 14.0. The van der Waals surface area contributed by atoms with Gasteiger partial charge in [0.2, 0.25) is 11.8 Å². The van der Waals surface area contributed by atoms with Crippen molar-refractivity contribution in [1.29, 1.82) is 0 Å². The molecule has 3 atom stereocenters. The average molecular weight is 409 g/mol. The van der Waals surface area contributed by atoms with Gasteiger partial charge in [-0.05, 0) is 24.8 Å². The van der Waals surface area contributed by atoms with Gasteiger partial charge in [0, 0.05) is 18.1 Å². The second-order valence-electron chi connectivity index (χ2n) is 7.00. The summed E-state index contributed by atoms with van der Waals surface area (Å²) in [5.74, 6) is -3.23.